The molecule has 0 amide bonds. The molecular weight excluding hydrogens is 222 g/mol. The van der Waals surface area contributed by atoms with Crippen molar-refractivity contribution in [3.05, 3.63) is 29.8 Å². The van der Waals surface area contributed by atoms with Crippen LogP contribution in [0.5, 0.6) is 5.75 Å². The van der Waals surface area contributed by atoms with E-state index in [9.17, 15) is 0 Å². The minimum absolute atomic E-state index is 0.443. The summed E-state index contributed by atoms with van der Waals surface area (Å²) in [7, 11) is 0. The van der Waals surface area contributed by atoms with Crippen LogP contribution in [0.15, 0.2) is 24.3 Å². The molecule has 0 N–H and O–H groups in total. The Kier molecular flexibility index (Phi) is 6.94. The highest BCUT2D eigenvalue weighted by Gasteiger charge is 2.05. The maximum absolute atomic E-state index is 8.58. The van der Waals surface area contributed by atoms with E-state index < -0.39 is 0 Å². The molecule has 0 bridgehead atoms. The van der Waals surface area contributed by atoms with E-state index in [4.69, 9.17) is 10.00 Å². The van der Waals surface area contributed by atoms with Gasteiger partial charge in [0.2, 0.25) is 0 Å². The summed E-state index contributed by atoms with van der Waals surface area (Å²) >= 11 is 0. The molecule has 1 atom stereocenters. The van der Waals surface area contributed by atoms with Gasteiger partial charge in [0.05, 0.1) is 12.7 Å². The van der Waals surface area contributed by atoms with Crippen LogP contribution in [0, 0.1) is 11.3 Å². The number of hydrogen-bond donors (Lipinski definition) is 0. The second-order valence-electron chi connectivity index (χ2n) is 4.72. The summed E-state index contributed by atoms with van der Waals surface area (Å²) in [6, 6.07) is 10.5. The van der Waals surface area contributed by atoms with Gasteiger partial charge < -0.3 is 4.74 Å². The average Bonchev–Trinajstić information content (AvgIpc) is 2.41. The van der Waals surface area contributed by atoms with Gasteiger partial charge in [-0.1, -0.05) is 38.8 Å². The van der Waals surface area contributed by atoms with E-state index in [0.29, 0.717) is 12.3 Å². The quantitative estimate of drug-likeness (QED) is 0.624. The lowest BCUT2D eigenvalue weighted by Gasteiger charge is -2.11. The second-order valence-corrected chi connectivity index (χ2v) is 4.72. The monoisotopic (exact) mass is 245 g/mol. The zero-order chi connectivity index (χ0) is 13.2. The maximum atomic E-state index is 8.58. The topological polar surface area (TPSA) is 33.0 Å². The Bertz CT molecular complexity index is 364. The molecule has 0 aromatic heterocycles. The number of hydrogen-bond acceptors (Lipinski definition) is 2. The lowest BCUT2D eigenvalue weighted by atomic mass is 9.96. The summed E-state index contributed by atoms with van der Waals surface area (Å²) in [6.45, 7) is 5.16. The summed E-state index contributed by atoms with van der Waals surface area (Å²) in [5, 5.41) is 8.58. The van der Waals surface area contributed by atoms with Gasteiger partial charge in [-0.25, -0.2) is 0 Å². The van der Waals surface area contributed by atoms with Crippen molar-refractivity contribution in [1.82, 2.24) is 0 Å². The largest absolute Gasteiger partial charge is 0.494 e. The minimum atomic E-state index is 0.443. The fourth-order valence-corrected chi connectivity index (χ4v) is 1.88. The van der Waals surface area contributed by atoms with Crippen molar-refractivity contribution in [3.63, 3.8) is 0 Å². The third-order valence-corrected chi connectivity index (χ3v) is 3.15. The predicted molar refractivity (Wildman–Crippen MR) is 74.7 cm³/mol. The summed E-state index contributed by atoms with van der Waals surface area (Å²) in [5.41, 5.74) is 1.28. The van der Waals surface area contributed by atoms with Crippen molar-refractivity contribution in [2.45, 2.75) is 51.9 Å². The number of benzene rings is 1. The van der Waals surface area contributed by atoms with E-state index in [1.807, 2.05) is 12.1 Å². The number of nitrogens with zero attached hydrogens (tertiary/aromatic N) is 1. The molecule has 1 rings (SSSR count). The average molecular weight is 245 g/mol. The zero-order valence-electron chi connectivity index (χ0n) is 11.5. The highest BCUT2D eigenvalue weighted by molar-refractivity contribution is 5.29. The van der Waals surface area contributed by atoms with Crippen molar-refractivity contribution >= 4 is 0 Å². The Hall–Kier alpha value is -1.49. The molecule has 1 aromatic rings. The normalized spacial score (nSPS) is 11.8. The molecule has 0 saturated carbocycles. The predicted octanol–water partition coefficient (Wildman–Crippen LogP) is 4.66. The molecule has 0 aliphatic carbocycles. The first kappa shape index (κ1) is 14.6. The Morgan fingerprint density at radius 3 is 2.56 bits per heavy atom. The Balaban J connectivity index is 2.39. The van der Waals surface area contributed by atoms with Crippen LogP contribution in [-0.4, -0.2) is 6.61 Å². The van der Waals surface area contributed by atoms with Gasteiger partial charge in [-0.3, -0.25) is 0 Å². The molecule has 0 saturated heterocycles. The fourth-order valence-electron chi connectivity index (χ4n) is 1.88. The first-order chi connectivity index (χ1) is 8.77. The van der Waals surface area contributed by atoms with E-state index in [2.05, 4.69) is 32.0 Å². The van der Waals surface area contributed by atoms with Crippen LogP contribution in [0.1, 0.15) is 57.4 Å². The van der Waals surface area contributed by atoms with Crippen LogP contribution in [0.4, 0.5) is 0 Å². The van der Waals surface area contributed by atoms with Crippen molar-refractivity contribution in [2.24, 2.45) is 0 Å². The van der Waals surface area contributed by atoms with Crippen molar-refractivity contribution in [2.75, 3.05) is 6.61 Å². The Labute approximate surface area is 111 Å². The van der Waals surface area contributed by atoms with Crippen LogP contribution in [0.3, 0.4) is 0 Å². The summed E-state index contributed by atoms with van der Waals surface area (Å²) in [6.07, 6.45) is 5.11. The molecule has 0 heterocycles. The Morgan fingerprint density at radius 2 is 1.94 bits per heavy atom. The molecule has 18 heavy (non-hydrogen) atoms. The first-order valence-electron chi connectivity index (χ1n) is 6.87. The molecule has 0 fully saturated rings. The molecule has 0 aliphatic rings. The van der Waals surface area contributed by atoms with E-state index in [1.165, 1.54) is 18.4 Å². The third kappa shape index (κ3) is 5.23. The molecule has 1 unspecified atom stereocenters. The second kappa shape index (κ2) is 8.58. The standard InChI is InChI=1S/C16H23NO/c1-3-4-5-13-18-16-10-8-15(9-11-16)14(2)7-6-12-17/h8-11,14H,3-7,13H2,1-2H3. The van der Waals surface area contributed by atoms with E-state index in [-0.39, 0.29) is 0 Å². The van der Waals surface area contributed by atoms with Crippen LogP contribution in [0.25, 0.3) is 0 Å². The van der Waals surface area contributed by atoms with Crippen LogP contribution < -0.4 is 4.74 Å². The first-order valence-corrected chi connectivity index (χ1v) is 6.87. The van der Waals surface area contributed by atoms with Gasteiger partial charge in [0, 0.05) is 6.42 Å². The van der Waals surface area contributed by atoms with Crippen LogP contribution in [0.2, 0.25) is 0 Å². The molecular formula is C16H23NO. The highest BCUT2D eigenvalue weighted by Crippen LogP contribution is 2.23. The van der Waals surface area contributed by atoms with Gasteiger partial charge in [0.1, 0.15) is 5.75 Å². The number of unbranched alkanes of at least 4 members (excludes halogenated alkanes) is 2. The molecule has 2 heteroatoms. The van der Waals surface area contributed by atoms with Gasteiger partial charge in [-0.15, -0.1) is 0 Å². The third-order valence-electron chi connectivity index (χ3n) is 3.15. The van der Waals surface area contributed by atoms with Crippen LogP contribution in [-0.2, 0) is 0 Å². The van der Waals surface area contributed by atoms with Crippen molar-refractivity contribution in [3.8, 4) is 11.8 Å². The molecule has 0 radical (unpaired) electrons. The lowest BCUT2D eigenvalue weighted by molar-refractivity contribution is 0.306. The minimum Gasteiger partial charge on any atom is -0.494 e. The zero-order valence-corrected chi connectivity index (χ0v) is 11.5. The van der Waals surface area contributed by atoms with Crippen molar-refractivity contribution < 1.29 is 4.74 Å². The molecule has 1 aromatic carbocycles. The van der Waals surface area contributed by atoms with Gasteiger partial charge in [-0.2, -0.15) is 5.26 Å². The smallest absolute Gasteiger partial charge is 0.119 e. The summed E-state index contributed by atoms with van der Waals surface area (Å²) < 4.78 is 5.67. The fraction of sp³-hybridized carbons (Fsp3) is 0.562. The van der Waals surface area contributed by atoms with Crippen molar-refractivity contribution in [1.29, 1.82) is 5.26 Å². The summed E-state index contributed by atoms with van der Waals surface area (Å²) in [5.74, 6) is 1.39. The maximum Gasteiger partial charge on any atom is 0.119 e. The summed E-state index contributed by atoms with van der Waals surface area (Å²) in [4.78, 5) is 0. The number of ether oxygens (including phenoxy) is 1. The SMILES string of the molecule is CCCCCOc1ccc(C(C)CCC#N)cc1. The van der Waals surface area contributed by atoms with Gasteiger partial charge in [-0.05, 0) is 36.5 Å². The van der Waals surface area contributed by atoms with Gasteiger partial charge in [0.25, 0.3) is 0 Å². The lowest BCUT2D eigenvalue weighted by Crippen LogP contribution is -1.98. The van der Waals surface area contributed by atoms with E-state index in [0.717, 1.165) is 25.2 Å². The molecule has 98 valence electrons. The van der Waals surface area contributed by atoms with Gasteiger partial charge >= 0.3 is 0 Å². The molecule has 0 spiro atoms. The Morgan fingerprint density at radius 1 is 1.22 bits per heavy atom. The molecule has 0 aliphatic heterocycles. The van der Waals surface area contributed by atoms with E-state index in [1.54, 1.807) is 0 Å². The van der Waals surface area contributed by atoms with E-state index >= 15 is 0 Å². The molecule has 2 nitrogen and oxygen atoms in total. The number of nitriles is 1. The number of rotatable bonds is 8. The van der Waals surface area contributed by atoms with Gasteiger partial charge in [0.15, 0.2) is 0 Å². The van der Waals surface area contributed by atoms with Crippen LogP contribution >= 0.6 is 0 Å². The highest BCUT2D eigenvalue weighted by atomic mass is 16.5.